The van der Waals surface area contributed by atoms with E-state index in [9.17, 15) is 13.2 Å². The number of alkyl halides is 3. The van der Waals surface area contributed by atoms with Crippen molar-refractivity contribution in [2.45, 2.75) is 44.3 Å². The maximum absolute atomic E-state index is 12.4. The van der Waals surface area contributed by atoms with Crippen molar-refractivity contribution in [3.05, 3.63) is 16.1 Å². The molecule has 0 radical (unpaired) electrons. The summed E-state index contributed by atoms with van der Waals surface area (Å²) >= 11 is 0.680. The van der Waals surface area contributed by atoms with Crippen molar-refractivity contribution in [1.29, 1.82) is 0 Å². The molecule has 1 heterocycles. The average molecular weight is 264 g/mol. The van der Waals surface area contributed by atoms with Crippen molar-refractivity contribution in [3.8, 4) is 0 Å². The highest BCUT2D eigenvalue weighted by atomic mass is 32.1. The van der Waals surface area contributed by atoms with Crippen LogP contribution in [0.3, 0.4) is 0 Å². The molecule has 1 aromatic rings. The molecule has 1 aromatic heterocycles. The van der Waals surface area contributed by atoms with Crippen molar-refractivity contribution in [2.24, 2.45) is 11.7 Å². The van der Waals surface area contributed by atoms with Gasteiger partial charge in [0.1, 0.15) is 0 Å². The Hall–Kier alpha value is -0.620. The minimum atomic E-state index is -4.35. The molecule has 1 aliphatic carbocycles. The fourth-order valence-electron chi connectivity index (χ4n) is 2.30. The van der Waals surface area contributed by atoms with E-state index in [4.69, 9.17) is 5.73 Å². The summed E-state index contributed by atoms with van der Waals surface area (Å²) in [4.78, 5) is 3.98. The summed E-state index contributed by atoms with van der Waals surface area (Å²) in [5, 5.41) is -0.793. The monoisotopic (exact) mass is 264 g/mol. The summed E-state index contributed by atoms with van der Waals surface area (Å²) < 4.78 is 37.2. The first-order valence-corrected chi connectivity index (χ1v) is 6.58. The maximum atomic E-state index is 12.4. The zero-order valence-electron chi connectivity index (χ0n) is 9.33. The first-order chi connectivity index (χ1) is 7.98. The van der Waals surface area contributed by atoms with Crippen LogP contribution in [0.4, 0.5) is 13.2 Å². The highest BCUT2D eigenvalue weighted by Gasteiger charge is 2.35. The van der Waals surface area contributed by atoms with Crippen LogP contribution in [0.1, 0.15) is 48.0 Å². The van der Waals surface area contributed by atoms with E-state index in [1.807, 2.05) is 0 Å². The van der Waals surface area contributed by atoms with Crippen LogP contribution in [0.5, 0.6) is 0 Å². The zero-order chi connectivity index (χ0) is 12.5. The maximum Gasteiger partial charge on any atom is 0.443 e. The molecule has 2 N–H and O–H groups in total. The van der Waals surface area contributed by atoms with E-state index in [0.29, 0.717) is 22.1 Å². The Kier molecular flexibility index (Phi) is 3.73. The van der Waals surface area contributed by atoms with Crippen LogP contribution in [-0.2, 0) is 6.18 Å². The van der Waals surface area contributed by atoms with Gasteiger partial charge in [0.25, 0.3) is 0 Å². The molecule has 0 amide bonds. The molecule has 0 aliphatic heterocycles. The fourth-order valence-corrected chi connectivity index (χ4v) is 3.18. The van der Waals surface area contributed by atoms with Crippen LogP contribution in [0, 0.1) is 5.92 Å². The van der Waals surface area contributed by atoms with E-state index in [-0.39, 0.29) is 6.04 Å². The van der Waals surface area contributed by atoms with Crippen molar-refractivity contribution in [3.63, 3.8) is 0 Å². The van der Waals surface area contributed by atoms with Gasteiger partial charge in [-0.3, -0.25) is 0 Å². The number of nitrogens with zero attached hydrogens (tertiary/aromatic N) is 1. The van der Waals surface area contributed by atoms with Crippen LogP contribution < -0.4 is 5.73 Å². The zero-order valence-corrected chi connectivity index (χ0v) is 10.2. The van der Waals surface area contributed by atoms with Crippen LogP contribution in [0.15, 0.2) is 6.20 Å². The number of hydrogen-bond donors (Lipinski definition) is 1. The third kappa shape index (κ3) is 2.98. The summed E-state index contributed by atoms with van der Waals surface area (Å²) in [5.74, 6) is 0.310. The van der Waals surface area contributed by atoms with Crippen LogP contribution in [-0.4, -0.2) is 4.98 Å². The predicted molar refractivity (Wildman–Crippen MR) is 60.6 cm³/mol. The molecule has 0 saturated heterocycles. The van der Waals surface area contributed by atoms with Crippen molar-refractivity contribution >= 4 is 11.3 Å². The largest absolute Gasteiger partial charge is 0.443 e. The Morgan fingerprint density at radius 1 is 1.29 bits per heavy atom. The van der Waals surface area contributed by atoms with E-state index in [0.717, 1.165) is 25.7 Å². The Morgan fingerprint density at radius 2 is 1.94 bits per heavy atom. The van der Waals surface area contributed by atoms with Gasteiger partial charge >= 0.3 is 6.18 Å². The number of aromatic nitrogens is 1. The standard InChI is InChI=1S/C11H15F3N2S/c12-11(13,14)10-16-6-8(17-10)9(15)7-4-2-1-3-5-7/h6-7,9H,1-5,15H2. The molecule has 1 saturated carbocycles. The van der Waals surface area contributed by atoms with Gasteiger partial charge in [-0.1, -0.05) is 19.3 Å². The summed E-state index contributed by atoms with van der Waals surface area (Å²) in [6.07, 6.45) is 2.43. The number of hydrogen-bond acceptors (Lipinski definition) is 3. The van der Waals surface area contributed by atoms with E-state index < -0.39 is 11.2 Å². The van der Waals surface area contributed by atoms with Crippen LogP contribution in [0.2, 0.25) is 0 Å². The lowest BCUT2D eigenvalue weighted by atomic mass is 9.84. The molecule has 2 rings (SSSR count). The number of thiazole rings is 1. The topological polar surface area (TPSA) is 38.9 Å². The Balaban J connectivity index is 2.08. The van der Waals surface area contributed by atoms with E-state index in [2.05, 4.69) is 4.98 Å². The SMILES string of the molecule is NC(c1cnc(C(F)(F)F)s1)C1CCCCC1. The highest BCUT2D eigenvalue weighted by molar-refractivity contribution is 7.11. The van der Waals surface area contributed by atoms with Gasteiger partial charge in [-0.25, -0.2) is 4.98 Å². The molecule has 17 heavy (non-hydrogen) atoms. The lowest BCUT2D eigenvalue weighted by Crippen LogP contribution is -2.22. The second kappa shape index (κ2) is 4.94. The number of nitrogens with two attached hydrogens (primary N) is 1. The molecule has 6 heteroatoms. The van der Waals surface area contributed by atoms with Gasteiger partial charge in [0.15, 0.2) is 5.01 Å². The van der Waals surface area contributed by atoms with Gasteiger partial charge in [-0.15, -0.1) is 11.3 Å². The lowest BCUT2D eigenvalue weighted by Gasteiger charge is -2.26. The van der Waals surface area contributed by atoms with Gasteiger partial charge in [0.05, 0.1) is 0 Å². The van der Waals surface area contributed by atoms with E-state index in [1.165, 1.54) is 12.6 Å². The Labute approximate surface area is 102 Å². The van der Waals surface area contributed by atoms with E-state index >= 15 is 0 Å². The van der Waals surface area contributed by atoms with Gasteiger partial charge in [0, 0.05) is 17.1 Å². The Morgan fingerprint density at radius 3 is 2.47 bits per heavy atom. The van der Waals surface area contributed by atoms with Crippen molar-refractivity contribution in [2.75, 3.05) is 0 Å². The molecule has 2 nitrogen and oxygen atoms in total. The summed E-state index contributed by atoms with van der Waals surface area (Å²) in [6.45, 7) is 0. The molecular weight excluding hydrogens is 249 g/mol. The molecule has 0 bridgehead atoms. The predicted octanol–water partition coefficient (Wildman–Crippen LogP) is 3.74. The van der Waals surface area contributed by atoms with Crippen LogP contribution in [0.25, 0.3) is 0 Å². The summed E-state index contributed by atoms with van der Waals surface area (Å²) in [5.41, 5.74) is 6.03. The Bertz CT molecular complexity index is 369. The quantitative estimate of drug-likeness (QED) is 0.883. The average Bonchev–Trinajstić information content (AvgIpc) is 2.78. The summed E-state index contributed by atoms with van der Waals surface area (Å²) in [6, 6.07) is -0.288. The second-order valence-electron chi connectivity index (χ2n) is 4.49. The summed E-state index contributed by atoms with van der Waals surface area (Å²) in [7, 11) is 0. The third-order valence-corrected chi connectivity index (χ3v) is 4.40. The normalized spacial score (nSPS) is 20.5. The van der Waals surface area contributed by atoms with Gasteiger partial charge in [0.2, 0.25) is 0 Å². The first kappa shape index (κ1) is 12.8. The first-order valence-electron chi connectivity index (χ1n) is 5.77. The van der Waals surface area contributed by atoms with Crippen molar-refractivity contribution < 1.29 is 13.2 Å². The van der Waals surface area contributed by atoms with E-state index in [1.54, 1.807) is 0 Å². The molecule has 0 aromatic carbocycles. The molecule has 1 fully saturated rings. The highest BCUT2D eigenvalue weighted by Crippen LogP contribution is 2.38. The number of rotatable bonds is 2. The van der Waals surface area contributed by atoms with Crippen LogP contribution >= 0.6 is 11.3 Å². The third-order valence-electron chi connectivity index (χ3n) is 3.25. The number of halogens is 3. The minimum absolute atomic E-state index is 0.288. The smallest absolute Gasteiger partial charge is 0.323 e. The minimum Gasteiger partial charge on any atom is -0.323 e. The molecule has 96 valence electrons. The van der Waals surface area contributed by atoms with Gasteiger partial charge in [-0.05, 0) is 18.8 Å². The molecular formula is C11H15F3N2S. The van der Waals surface area contributed by atoms with Gasteiger partial charge in [-0.2, -0.15) is 13.2 Å². The fraction of sp³-hybridized carbons (Fsp3) is 0.727. The molecule has 0 spiro atoms. The second-order valence-corrected chi connectivity index (χ2v) is 5.55. The van der Waals surface area contributed by atoms with Gasteiger partial charge < -0.3 is 5.73 Å². The molecule has 1 unspecified atom stereocenters. The van der Waals surface area contributed by atoms with Crippen molar-refractivity contribution in [1.82, 2.24) is 4.98 Å². The lowest BCUT2D eigenvalue weighted by molar-refractivity contribution is -0.137. The molecule has 1 aliphatic rings. The molecule has 1 atom stereocenters.